The van der Waals surface area contributed by atoms with Gasteiger partial charge in [-0.2, -0.15) is 0 Å². The van der Waals surface area contributed by atoms with E-state index < -0.39 is 28.7 Å². The molecule has 7 nitrogen and oxygen atoms in total. The largest absolute Gasteiger partial charge is 0.394 e. The Morgan fingerprint density at radius 2 is 1.90 bits per heavy atom. The van der Waals surface area contributed by atoms with Crippen LogP contribution in [0, 0.1) is 11.8 Å². The van der Waals surface area contributed by atoms with Crippen molar-refractivity contribution in [1.29, 1.82) is 0 Å². The van der Waals surface area contributed by atoms with Gasteiger partial charge < -0.3 is 19.8 Å². The Labute approximate surface area is 248 Å². The maximum Gasteiger partial charge on any atom is 0.251 e. The Bertz CT molecular complexity index is 1120. The Morgan fingerprint density at radius 3 is 2.46 bits per heavy atom. The second kappa shape index (κ2) is 12.4. The number of alkyl halides is 1. The van der Waals surface area contributed by atoms with Crippen molar-refractivity contribution >= 4 is 62.7 Å². The molecular formula is C29H37BrClN3O4S. The number of benzene rings is 1. The summed E-state index contributed by atoms with van der Waals surface area (Å²) in [7, 11) is 0. The van der Waals surface area contributed by atoms with Crippen LogP contribution < -0.4 is 4.90 Å². The number of amides is 3. The number of likely N-dealkylation sites (tertiary alicyclic amines) is 1. The van der Waals surface area contributed by atoms with Crippen LogP contribution in [0.25, 0.3) is 0 Å². The first kappa shape index (κ1) is 30.2. The number of thioether (sulfide) groups is 1. The van der Waals surface area contributed by atoms with Gasteiger partial charge in [0.05, 0.1) is 29.2 Å². The molecule has 2 bridgehead atoms. The molecule has 0 saturated carbocycles. The number of carbonyl (C=O) groups excluding carboxylic acids is 3. The summed E-state index contributed by atoms with van der Waals surface area (Å²) >= 11 is 11.6. The van der Waals surface area contributed by atoms with Gasteiger partial charge in [-0.25, -0.2) is 0 Å². The van der Waals surface area contributed by atoms with Crippen molar-refractivity contribution in [2.45, 2.75) is 60.0 Å². The number of hydrogen-bond donors (Lipinski definition) is 1. The molecule has 39 heavy (non-hydrogen) atoms. The zero-order chi connectivity index (χ0) is 28.5. The third-order valence-electron chi connectivity index (χ3n) is 8.19. The number of fused-ring (bicyclic) bond motifs is 1. The first-order chi connectivity index (χ1) is 18.7. The average molecular weight is 639 g/mol. The van der Waals surface area contributed by atoms with Gasteiger partial charge >= 0.3 is 0 Å². The van der Waals surface area contributed by atoms with Crippen LogP contribution in [0.4, 0.5) is 5.69 Å². The van der Waals surface area contributed by atoms with Crippen molar-refractivity contribution in [3.05, 3.63) is 54.6 Å². The van der Waals surface area contributed by atoms with Gasteiger partial charge in [-0.1, -0.05) is 53.5 Å². The predicted molar refractivity (Wildman–Crippen MR) is 161 cm³/mol. The molecule has 0 aromatic heterocycles. The number of rotatable bonds is 12. The van der Waals surface area contributed by atoms with Gasteiger partial charge in [0, 0.05) is 40.4 Å². The van der Waals surface area contributed by atoms with Crippen molar-refractivity contribution in [1.82, 2.24) is 9.80 Å². The molecule has 3 saturated heterocycles. The first-order valence-electron chi connectivity index (χ1n) is 13.5. The van der Waals surface area contributed by atoms with Crippen molar-refractivity contribution < 1.29 is 19.5 Å². The molecular weight excluding hydrogens is 602 g/mol. The van der Waals surface area contributed by atoms with E-state index in [0.717, 1.165) is 6.42 Å². The molecule has 1 N–H and O–H groups in total. The molecule has 7 atom stereocenters. The van der Waals surface area contributed by atoms with Gasteiger partial charge in [0.15, 0.2) is 0 Å². The number of halogens is 2. The van der Waals surface area contributed by atoms with E-state index in [1.807, 2.05) is 13.8 Å². The van der Waals surface area contributed by atoms with Crippen LogP contribution in [0.5, 0.6) is 0 Å². The van der Waals surface area contributed by atoms with E-state index in [1.54, 1.807) is 62.9 Å². The van der Waals surface area contributed by atoms with Crippen LogP contribution in [-0.4, -0.2) is 85.8 Å². The molecule has 3 fully saturated rings. The number of nitrogens with zero attached hydrogens (tertiary/aromatic N) is 3. The SMILES string of the molecule is C=CCN(CCC)C(=O)[C@H]1[C@@H]2SC3(CC2Br)C(C(=O)N(CC=C)c2ccc(Cl)cc2)N([C@@H](CC)CO)C(=O)[C@H]13. The van der Waals surface area contributed by atoms with E-state index in [-0.39, 0.29) is 41.0 Å². The van der Waals surface area contributed by atoms with Crippen molar-refractivity contribution in [3.63, 3.8) is 0 Å². The standard InChI is InChI=1S/C29H37BrClN3O4S/c1-5-13-32(14-6-2)26(36)22-23-27(37)34(19(8-4)17-35)25(29(23)16-21(30)24(22)39-29)28(38)33(15-7-3)20-11-9-18(31)10-12-20/h5,7,9-12,19,21-25,35H,1,3,6,8,13-17H2,2,4H3/t19-,21?,22+,23-,24+,25?,29?/m0/s1. The summed E-state index contributed by atoms with van der Waals surface area (Å²) in [4.78, 5) is 48.0. The highest BCUT2D eigenvalue weighted by molar-refractivity contribution is 9.09. The summed E-state index contributed by atoms with van der Waals surface area (Å²) in [6.07, 6.45) is 5.22. The quantitative estimate of drug-likeness (QED) is 0.269. The van der Waals surface area contributed by atoms with E-state index in [1.165, 1.54) is 0 Å². The van der Waals surface area contributed by atoms with Crippen LogP contribution >= 0.6 is 39.3 Å². The van der Waals surface area contributed by atoms with Gasteiger partial charge in [-0.05, 0) is 43.5 Å². The van der Waals surface area contributed by atoms with Crippen LogP contribution in [0.15, 0.2) is 49.6 Å². The Morgan fingerprint density at radius 1 is 1.23 bits per heavy atom. The molecule has 212 valence electrons. The summed E-state index contributed by atoms with van der Waals surface area (Å²) in [5.74, 6) is -1.73. The predicted octanol–water partition coefficient (Wildman–Crippen LogP) is 4.52. The van der Waals surface area contributed by atoms with Gasteiger partial charge in [0.2, 0.25) is 11.8 Å². The Kier molecular flexibility index (Phi) is 9.56. The smallest absolute Gasteiger partial charge is 0.251 e. The van der Waals surface area contributed by atoms with Crippen LogP contribution in [0.3, 0.4) is 0 Å². The maximum atomic E-state index is 14.6. The van der Waals surface area contributed by atoms with E-state index >= 15 is 0 Å². The number of aliphatic hydroxyl groups excluding tert-OH is 1. The molecule has 3 heterocycles. The van der Waals surface area contributed by atoms with Gasteiger partial charge in [0.1, 0.15) is 6.04 Å². The summed E-state index contributed by atoms with van der Waals surface area (Å²) < 4.78 is -0.798. The monoisotopic (exact) mass is 637 g/mol. The fourth-order valence-corrected chi connectivity index (χ4v) is 10.3. The lowest BCUT2D eigenvalue weighted by molar-refractivity contribution is -0.145. The zero-order valence-electron chi connectivity index (χ0n) is 22.5. The second-order valence-electron chi connectivity index (χ2n) is 10.4. The van der Waals surface area contributed by atoms with E-state index in [9.17, 15) is 19.5 Å². The molecule has 1 aromatic carbocycles. The molecule has 3 aliphatic rings. The highest BCUT2D eigenvalue weighted by atomic mass is 79.9. The molecule has 1 spiro atoms. The number of aliphatic hydroxyl groups is 1. The van der Waals surface area contributed by atoms with Gasteiger partial charge in [-0.3, -0.25) is 14.4 Å². The molecule has 3 amide bonds. The fraction of sp³-hybridized carbons (Fsp3) is 0.552. The van der Waals surface area contributed by atoms with Gasteiger partial charge in [-0.15, -0.1) is 24.9 Å². The van der Waals surface area contributed by atoms with Gasteiger partial charge in [0.25, 0.3) is 5.91 Å². The van der Waals surface area contributed by atoms with E-state index in [2.05, 4.69) is 29.1 Å². The number of hydrogen-bond acceptors (Lipinski definition) is 5. The summed E-state index contributed by atoms with van der Waals surface area (Å²) in [5, 5.41) is 10.7. The minimum atomic E-state index is -0.838. The minimum Gasteiger partial charge on any atom is -0.394 e. The molecule has 3 unspecified atom stereocenters. The topological polar surface area (TPSA) is 81.2 Å². The Balaban J connectivity index is 1.83. The van der Waals surface area contributed by atoms with Crippen LogP contribution in [0.2, 0.25) is 5.02 Å². The van der Waals surface area contributed by atoms with Crippen molar-refractivity contribution in [2.75, 3.05) is 31.1 Å². The first-order valence-corrected chi connectivity index (χ1v) is 15.7. The number of anilines is 1. The lowest BCUT2D eigenvalue weighted by Crippen LogP contribution is -2.58. The van der Waals surface area contributed by atoms with E-state index in [4.69, 9.17) is 11.6 Å². The lowest BCUT2D eigenvalue weighted by Gasteiger charge is -2.40. The third kappa shape index (κ3) is 5.09. The van der Waals surface area contributed by atoms with Crippen LogP contribution in [-0.2, 0) is 14.4 Å². The molecule has 1 aromatic rings. The summed E-state index contributed by atoms with van der Waals surface area (Å²) in [5.41, 5.74) is 0.647. The molecule has 3 aliphatic heterocycles. The number of carbonyl (C=O) groups is 3. The summed E-state index contributed by atoms with van der Waals surface area (Å²) in [6.45, 7) is 12.6. The normalized spacial score (nSPS) is 29.7. The highest BCUT2D eigenvalue weighted by Crippen LogP contribution is 2.68. The zero-order valence-corrected chi connectivity index (χ0v) is 25.6. The van der Waals surface area contributed by atoms with E-state index in [0.29, 0.717) is 36.6 Å². The second-order valence-corrected chi connectivity index (χ2v) is 13.6. The molecule has 10 heteroatoms. The molecule has 0 aliphatic carbocycles. The highest BCUT2D eigenvalue weighted by Gasteiger charge is 2.76. The fourth-order valence-electron chi connectivity index (χ4n) is 6.58. The lowest BCUT2D eigenvalue weighted by atomic mass is 9.70. The maximum absolute atomic E-state index is 14.6. The minimum absolute atomic E-state index is 0.0273. The third-order valence-corrected chi connectivity index (χ3v) is 11.7. The molecule has 4 rings (SSSR count). The van der Waals surface area contributed by atoms with Crippen LogP contribution in [0.1, 0.15) is 33.1 Å². The Hall–Kier alpha value is -1.81. The van der Waals surface area contributed by atoms with Crippen molar-refractivity contribution in [2.24, 2.45) is 11.8 Å². The van der Waals surface area contributed by atoms with Crippen molar-refractivity contribution in [3.8, 4) is 0 Å². The molecule has 0 radical (unpaired) electrons. The average Bonchev–Trinajstić information content (AvgIpc) is 3.51. The summed E-state index contributed by atoms with van der Waals surface area (Å²) in [6, 6.07) is 5.63.